The Kier molecular flexibility index (Phi) is 5.54. The van der Waals surface area contributed by atoms with Crippen LogP contribution in [0.3, 0.4) is 0 Å². The highest BCUT2D eigenvalue weighted by Crippen LogP contribution is 2.36. The number of aromatic nitrogens is 2. The molecular weight excluding hydrogens is 416 g/mol. The molecule has 0 aliphatic carbocycles. The molecule has 1 aromatic heterocycles. The maximum atomic E-state index is 13.2. The minimum absolute atomic E-state index is 0.00832. The van der Waals surface area contributed by atoms with E-state index in [1.807, 2.05) is 66.4 Å². The molecule has 2 aliphatic heterocycles. The van der Waals surface area contributed by atoms with Gasteiger partial charge in [0.1, 0.15) is 11.6 Å². The molecule has 0 spiro atoms. The van der Waals surface area contributed by atoms with Gasteiger partial charge < -0.3 is 9.64 Å². The van der Waals surface area contributed by atoms with E-state index >= 15 is 0 Å². The molecule has 1 saturated heterocycles. The van der Waals surface area contributed by atoms with Gasteiger partial charge in [-0.2, -0.15) is 0 Å². The van der Waals surface area contributed by atoms with Crippen molar-refractivity contribution in [3.8, 4) is 5.75 Å². The summed E-state index contributed by atoms with van der Waals surface area (Å²) in [6, 6.07) is 16.8. The average molecular weight is 443 g/mol. The molecule has 2 aliphatic rings. The van der Waals surface area contributed by atoms with Crippen LogP contribution in [0.4, 0.5) is 5.82 Å². The van der Waals surface area contributed by atoms with E-state index in [2.05, 4.69) is 0 Å². The number of rotatable bonds is 5. The van der Waals surface area contributed by atoms with Crippen molar-refractivity contribution in [2.24, 2.45) is 0 Å². The highest BCUT2D eigenvalue weighted by molar-refractivity contribution is 6.00. The van der Waals surface area contributed by atoms with Crippen LogP contribution in [0.1, 0.15) is 51.9 Å². The molecule has 0 saturated carbocycles. The Morgan fingerprint density at radius 1 is 1.09 bits per heavy atom. The maximum absolute atomic E-state index is 13.2. The van der Waals surface area contributed by atoms with Crippen LogP contribution < -0.4 is 9.64 Å². The van der Waals surface area contributed by atoms with Crippen LogP contribution in [0.5, 0.6) is 5.75 Å². The summed E-state index contributed by atoms with van der Waals surface area (Å²) < 4.78 is 5.23. The molecule has 3 heterocycles. The molecule has 168 valence electrons. The lowest BCUT2D eigenvalue weighted by Crippen LogP contribution is -2.32. The smallest absolute Gasteiger partial charge is 0.254 e. The molecule has 33 heavy (non-hydrogen) atoms. The van der Waals surface area contributed by atoms with E-state index in [9.17, 15) is 9.59 Å². The first-order valence-corrected chi connectivity index (χ1v) is 11.2. The van der Waals surface area contributed by atoms with Gasteiger partial charge in [0.2, 0.25) is 5.91 Å². The van der Waals surface area contributed by atoms with Gasteiger partial charge in [-0.1, -0.05) is 30.3 Å². The lowest BCUT2D eigenvalue weighted by Gasteiger charge is -2.25. The van der Waals surface area contributed by atoms with Crippen LogP contribution >= 0.6 is 0 Å². The second-order valence-electron chi connectivity index (χ2n) is 8.50. The summed E-state index contributed by atoms with van der Waals surface area (Å²) in [5, 5.41) is 0. The Hall–Kier alpha value is -3.74. The summed E-state index contributed by atoms with van der Waals surface area (Å²) in [5.41, 5.74) is 3.34. The number of amides is 2. The second-order valence-corrected chi connectivity index (χ2v) is 8.50. The topological polar surface area (TPSA) is 75.6 Å². The van der Waals surface area contributed by atoms with Gasteiger partial charge in [-0.3, -0.25) is 14.5 Å². The predicted molar refractivity (Wildman–Crippen MR) is 124 cm³/mol. The monoisotopic (exact) mass is 442 g/mol. The molecule has 3 aromatic rings. The van der Waals surface area contributed by atoms with Gasteiger partial charge in [-0.25, -0.2) is 9.97 Å². The molecule has 7 nitrogen and oxygen atoms in total. The predicted octanol–water partition coefficient (Wildman–Crippen LogP) is 3.86. The van der Waals surface area contributed by atoms with Crippen LogP contribution in [-0.4, -0.2) is 40.3 Å². The molecule has 1 fully saturated rings. The fourth-order valence-corrected chi connectivity index (χ4v) is 4.65. The highest BCUT2D eigenvalue weighted by atomic mass is 16.5. The Labute approximate surface area is 193 Å². The zero-order valence-corrected chi connectivity index (χ0v) is 18.8. The fourth-order valence-electron chi connectivity index (χ4n) is 4.65. The molecule has 7 heteroatoms. The summed E-state index contributed by atoms with van der Waals surface area (Å²) in [7, 11) is 1.63. The number of hydrogen-bond acceptors (Lipinski definition) is 5. The van der Waals surface area contributed by atoms with Gasteiger partial charge in [-0.15, -0.1) is 0 Å². The Morgan fingerprint density at radius 2 is 1.85 bits per heavy atom. The number of fused-ring (bicyclic) bond motifs is 1. The summed E-state index contributed by atoms with van der Waals surface area (Å²) in [6.45, 7) is 3.03. The zero-order valence-electron chi connectivity index (χ0n) is 18.8. The molecule has 2 amide bonds. The number of ether oxygens (including phenoxy) is 1. The van der Waals surface area contributed by atoms with Crippen LogP contribution in [0.15, 0.2) is 54.6 Å². The van der Waals surface area contributed by atoms with E-state index in [1.165, 1.54) is 0 Å². The number of carbonyl (C=O) groups excluding carboxylic acids is 2. The molecule has 5 rings (SSSR count). The number of hydrogen-bond donors (Lipinski definition) is 0. The van der Waals surface area contributed by atoms with Crippen molar-refractivity contribution in [3.05, 3.63) is 82.8 Å². The van der Waals surface area contributed by atoms with Crippen molar-refractivity contribution >= 4 is 17.6 Å². The zero-order chi connectivity index (χ0) is 22.9. The Balaban J connectivity index is 1.45. The van der Waals surface area contributed by atoms with E-state index in [0.29, 0.717) is 36.7 Å². The minimum atomic E-state index is -0.194. The van der Waals surface area contributed by atoms with Gasteiger partial charge in [0, 0.05) is 23.4 Å². The van der Waals surface area contributed by atoms with Crippen molar-refractivity contribution in [2.75, 3.05) is 18.6 Å². The highest BCUT2D eigenvalue weighted by Gasteiger charge is 2.36. The molecule has 0 bridgehead atoms. The molecular formula is C26H26N4O3. The van der Waals surface area contributed by atoms with Crippen LogP contribution in [0.25, 0.3) is 0 Å². The third-order valence-corrected chi connectivity index (χ3v) is 6.43. The van der Waals surface area contributed by atoms with E-state index in [1.54, 1.807) is 12.0 Å². The van der Waals surface area contributed by atoms with Crippen LogP contribution in [-0.2, 0) is 17.8 Å². The first kappa shape index (κ1) is 21.1. The first-order chi connectivity index (χ1) is 16.0. The summed E-state index contributed by atoms with van der Waals surface area (Å²) in [4.78, 5) is 39.2. The summed E-state index contributed by atoms with van der Waals surface area (Å²) in [5.74, 6) is 2.06. The van der Waals surface area contributed by atoms with E-state index in [0.717, 1.165) is 35.4 Å². The average Bonchev–Trinajstić information content (AvgIpc) is 3.45. The van der Waals surface area contributed by atoms with Crippen molar-refractivity contribution in [3.63, 3.8) is 0 Å². The maximum Gasteiger partial charge on any atom is 0.254 e. The van der Waals surface area contributed by atoms with Gasteiger partial charge >= 0.3 is 0 Å². The largest absolute Gasteiger partial charge is 0.497 e. The summed E-state index contributed by atoms with van der Waals surface area (Å²) in [6.07, 6.45) is 2.01. The lowest BCUT2D eigenvalue weighted by atomic mass is 10.1. The number of anilines is 1. The van der Waals surface area contributed by atoms with E-state index in [-0.39, 0.29) is 17.9 Å². The SMILES string of the molecule is COc1ccc(CN2C(=O)Cc3c(C)nc([C@H]4CCCN4C(=O)c4ccccc4)nc32)cc1. The molecule has 0 unspecified atom stereocenters. The van der Waals surface area contributed by atoms with Crippen molar-refractivity contribution in [1.82, 2.24) is 14.9 Å². The molecule has 2 aromatic carbocycles. The van der Waals surface area contributed by atoms with Crippen molar-refractivity contribution in [1.29, 1.82) is 0 Å². The number of carbonyl (C=O) groups is 2. The van der Waals surface area contributed by atoms with Gasteiger partial charge in [0.05, 0.1) is 26.1 Å². The number of aryl methyl sites for hydroxylation is 1. The number of methoxy groups -OCH3 is 1. The quantitative estimate of drug-likeness (QED) is 0.600. The van der Waals surface area contributed by atoms with Crippen LogP contribution in [0, 0.1) is 6.92 Å². The fraction of sp³-hybridized carbons (Fsp3) is 0.308. The third kappa shape index (κ3) is 3.95. The Morgan fingerprint density at radius 3 is 2.58 bits per heavy atom. The normalized spacial score (nSPS) is 17.4. The Bertz CT molecular complexity index is 1190. The molecule has 0 radical (unpaired) electrons. The van der Waals surface area contributed by atoms with Crippen LogP contribution in [0.2, 0.25) is 0 Å². The number of nitrogens with zero attached hydrogens (tertiary/aromatic N) is 4. The van der Waals surface area contributed by atoms with Gasteiger partial charge in [0.15, 0.2) is 5.82 Å². The second kappa shape index (κ2) is 8.65. The van der Waals surface area contributed by atoms with E-state index in [4.69, 9.17) is 14.7 Å². The van der Waals surface area contributed by atoms with E-state index < -0.39 is 0 Å². The lowest BCUT2D eigenvalue weighted by molar-refractivity contribution is -0.117. The van der Waals surface area contributed by atoms with Crippen molar-refractivity contribution in [2.45, 2.75) is 38.8 Å². The number of likely N-dealkylation sites (tertiary alicyclic amines) is 1. The molecule has 1 atom stereocenters. The summed E-state index contributed by atoms with van der Waals surface area (Å²) >= 11 is 0. The first-order valence-electron chi connectivity index (χ1n) is 11.2. The van der Waals surface area contributed by atoms with Gasteiger partial charge in [0.25, 0.3) is 5.91 Å². The molecule has 0 N–H and O–H groups in total. The van der Waals surface area contributed by atoms with Crippen molar-refractivity contribution < 1.29 is 14.3 Å². The third-order valence-electron chi connectivity index (χ3n) is 6.43. The number of benzene rings is 2. The standard InChI is InChI=1S/C26H26N4O3/c1-17-21-15-23(31)30(16-18-10-12-20(33-2)13-11-18)25(21)28-24(27-17)22-9-6-14-29(22)26(32)19-7-4-3-5-8-19/h3-5,7-8,10-13,22H,6,9,14-16H2,1-2H3/t22-/m1/s1. The van der Waals surface area contributed by atoms with Gasteiger partial charge in [-0.05, 0) is 49.6 Å². The minimum Gasteiger partial charge on any atom is -0.497 e.